The van der Waals surface area contributed by atoms with Gasteiger partial charge in [0.1, 0.15) is 11.3 Å². The first kappa shape index (κ1) is 13.5. The Balaban J connectivity index is 2.90. The van der Waals surface area contributed by atoms with Crippen LogP contribution in [0.1, 0.15) is 18.1 Å². The van der Waals surface area contributed by atoms with Gasteiger partial charge in [0.15, 0.2) is 0 Å². The van der Waals surface area contributed by atoms with E-state index >= 15 is 0 Å². The van der Waals surface area contributed by atoms with Crippen molar-refractivity contribution in [3.05, 3.63) is 29.3 Å². The Morgan fingerprint density at radius 1 is 1.59 bits per heavy atom. The number of carboxylic acids is 1. The van der Waals surface area contributed by atoms with Gasteiger partial charge < -0.3 is 20.5 Å². The van der Waals surface area contributed by atoms with E-state index in [2.05, 4.69) is 0 Å². The molecule has 0 spiro atoms. The number of benzene rings is 1. The molecule has 0 saturated heterocycles. The van der Waals surface area contributed by atoms with Crippen molar-refractivity contribution < 1.29 is 19.6 Å². The molecule has 0 aliphatic rings. The first-order chi connectivity index (χ1) is 7.86. The third-order valence-corrected chi connectivity index (χ3v) is 2.55. The molecule has 0 unspecified atom stereocenters. The molecule has 6 heteroatoms. The molecule has 1 rings (SSSR count). The summed E-state index contributed by atoms with van der Waals surface area (Å²) in [7, 11) is 0.596. The first-order valence-electron chi connectivity index (χ1n) is 5.11. The zero-order chi connectivity index (χ0) is 13.1. The summed E-state index contributed by atoms with van der Waals surface area (Å²) in [5.41, 5.74) is 6.08. The lowest BCUT2D eigenvalue weighted by molar-refractivity contribution is -0.142. The number of nitrogens with two attached hydrogens (primary N) is 1. The molecule has 4 N–H and O–H groups in total. The van der Waals surface area contributed by atoms with Crippen molar-refractivity contribution in [2.45, 2.75) is 25.8 Å². The van der Waals surface area contributed by atoms with Crippen molar-refractivity contribution in [1.82, 2.24) is 0 Å². The van der Waals surface area contributed by atoms with Crippen molar-refractivity contribution in [3.63, 3.8) is 0 Å². The lowest BCUT2D eigenvalue weighted by Gasteiger charge is -2.20. The fraction of sp³-hybridized carbons (Fsp3) is 0.364. The van der Waals surface area contributed by atoms with E-state index in [0.29, 0.717) is 13.4 Å². The number of hydrogen-bond donors (Lipinski definition) is 3. The standard InChI is InChI=1S/C11H15BNO4/c1-7-5-9(17-12-16)4-3-8(7)6-11(2,13)10(14)15/h3-5,16H,6,13H2,1-2H3,(H,14,15)/t11-/m0/s1. The zero-order valence-corrected chi connectivity index (χ0v) is 9.80. The minimum atomic E-state index is -1.30. The molecule has 1 aromatic carbocycles. The second-order valence-electron chi connectivity index (χ2n) is 4.21. The maximum absolute atomic E-state index is 10.9. The highest BCUT2D eigenvalue weighted by molar-refractivity contribution is 6.17. The number of hydrogen-bond acceptors (Lipinski definition) is 4. The Kier molecular flexibility index (Phi) is 4.14. The molecule has 0 bridgehead atoms. The molecule has 1 aromatic rings. The summed E-state index contributed by atoms with van der Waals surface area (Å²) in [5.74, 6) is -0.552. The first-order valence-corrected chi connectivity index (χ1v) is 5.11. The third-order valence-electron chi connectivity index (χ3n) is 2.55. The molecule has 5 nitrogen and oxygen atoms in total. The van der Waals surface area contributed by atoms with E-state index < -0.39 is 11.5 Å². The lowest BCUT2D eigenvalue weighted by Crippen LogP contribution is -2.46. The van der Waals surface area contributed by atoms with E-state index in [0.717, 1.165) is 11.1 Å². The van der Waals surface area contributed by atoms with Gasteiger partial charge in [-0.15, -0.1) is 0 Å². The fourth-order valence-electron chi connectivity index (χ4n) is 1.47. The van der Waals surface area contributed by atoms with Gasteiger partial charge in [0.2, 0.25) is 0 Å². The quantitative estimate of drug-likeness (QED) is 0.637. The summed E-state index contributed by atoms with van der Waals surface area (Å²) in [6, 6.07) is 5.09. The Morgan fingerprint density at radius 3 is 2.71 bits per heavy atom. The molecule has 1 atom stereocenters. The van der Waals surface area contributed by atoms with Crippen molar-refractivity contribution in [3.8, 4) is 5.75 Å². The maximum atomic E-state index is 10.9. The van der Waals surface area contributed by atoms with Crippen LogP contribution in [0.2, 0.25) is 0 Å². The van der Waals surface area contributed by atoms with E-state index in [9.17, 15) is 4.79 Å². The summed E-state index contributed by atoms with van der Waals surface area (Å²) >= 11 is 0. The maximum Gasteiger partial charge on any atom is 0.569 e. The van der Waals surface area contributed by atoms with Gasteiger partial charge in [-0.1, -0.05) is 6.07 Å². The summed E-state index contributed by atoms with van der Waals surface area (Å²) in [4.78, 5) is 10.9. The summed E-state index contributed by atoms with van der Waals surface area (Å²) in [6.45, 7) is 3.30. The number of carbonyl (C=O) groups is 1. The van der Waals surface area contributed by atoms with Crippen molar-refractivity contribution in [1.29, 1.82) is 0 Å². The average molecular weight is 236 g/mol. The Hall–Kier alpha value is -1.53. The van der Waals surface area contributed by atoms with Gasteiger partial charge in [0.05, 0.1) is 0 Å². The Morgan fingerprint density at radius 2 is 2.24 bits per heavy atom. The summed E-state index contributed by atoms with van der Waals surface area (Å²) in [5, 5.41) is 17.4. The third kappa shape index (κ3) is 3.47. The predicted molar refractivity (Wildman–Crippen MR) is 63.7 cm³/mol. The minimum absolute atomic E-state index is 0.233. The van der Waals surface area contributed by atoms with Gasteiger partial charge in [0, 0.05) is 6.42 Å². The molecular formula is C11H15BNO4. The van der Waals surface area contributed by atoms with Crippen LogP contribution in [-0.2, 0) is 11.2 Å². The number of aryl methyl sites for hydroxylation is 1. The molecule has 0 fully saturated rings. The van der Waals surface area contributed by atoms with Crippen LogP contribution in [0.25, 0.3) is 0 Å². The van der Waals surface area contributed by atoms with Crippen LogP contribution in [-0.4, -0.2) is 29.3 Å². The van der Waals surface area contributed by atoms with Crippen LogP contribution >= 0.6 is 0 Å². The Bertz CT molecular complexity index is 420. The van der Waals surface area contributed by atoms with Crippen LogP contribution in [0.5, 0.6) is 5.75 Å². The predicted octanol–water partition coefficient (Wildman–Crippen LogP) is 0.245. The van der Waals surface area contributed by atoms with Gasteiger partial charge in [0.25, 0.3) is 0 Å². The number of carboxylic acid groups (broad SMARTS) is 1. The largest absolute Gasteiger partial charge is 0.569 e. The lowest BCUT2D eigenvalue weighted by atomic mass is 9.91. The van der Waals surface area contributed by atoms with Gasteiger partial charge in [-0.05, 0) is 37.1 Å². The minimum Gasteiger partial charge on any atom is -0.537 e. The molecular weight excluding hydrogens is 221 g/mol. The highest BCUT2D eigenvalue weighted by Crippen LogP contribution is 2.20. The summed E-state index contributed by atoms with van der Waals surface area (Å²) < 4.78 is 4.80. The molecule has 0 heterocycles. The van der Waals surface area contributed by atoms with Crippen LogP contribution in [0.4, 0.5) is 0 Å². The van der Waals surface area contributed by atoms with Crippen molar-refractivity contribution in [2.24, 2.45) is 5.73 Å². The molecule has 0 saturated carbocycles. The van der Waals surface area contributed by atoms with E-state index in [1.807, 2.05) is 6.92 Å². The van der Waals surface area contributed by atoms with Gasteiger partial charge in [-0.25, -0.2) is 0 Å². The van der Waals surface area contributed by atoms with Crippen LogP contribution in [0.15, 0.2) is 18.2 Å². The highest BCUT2D eigenvalue weighted by Gasteiger charge is 2.28. The highest BCUT2D eigenvalue weighted by atomic mass is 16.5. The van der Waals surface area contributed by atoms with E-state index in [1.54, 1.807) is 18.2 Å². The number of rotatable bonds is 5. The molecule has 0 aliphatic heterocycles. The van der Waals surface area contributed by atoms with Crippen molar-refractivity contribution >= 4 is 13.7 Å². The van der Waals surface area contributed by atoms with Crippen LogP contribution in [0.3, 0.4) is 0 Å². The monoisotopic (exact) mass is 236 g/mol. The summed E-state index contributed by atoms with van der Waals surface area (Å²) in [6.07, 6.45) is 0.233. The molecule has 0 aliphatic carbocycles. The Labute approximate surface area is 101 Å². The van der Waals surface area contributed by atoms with Gasteiger partial charge in [-0.3, -0.25) is 4.79 Å². The second kappa shape index (κ2) is 5.20. The van der Waals surface area contributed by atoms with Gasteiger partial charge >= 0.3 is 13.7 Å². The fourth-order valence-corrected chi connectivity index (χ4v) is 1.47. The molecule has 1 radical (unpaired) electrons. The zero-order valence-electron chi connectivity index (χ0n) is 9.80. The van der Waals surface area contributed by atoms with E-state index in [4.69, 9.17) is 20.5 Å². The topological polar surface area (TPSA) is 92.8 Å². The molecule has 17 heavy (non-hydrogen) atoms. The smallest absolute Gasteiger partial charge is 0.537 e. The van der Waals surface area contributed by atoms with Gasteiger partial charge in [-0.2, -0.15) is 0 Å². The van der Waals surface area contributed by atoms with E-state index in [1.165, 1.54) is 6.92 Å². The molecule has 0 aromatic heterocycles. The average Bonchev–Trinajstić information content (AvgIpc) is 2.22. The molecule has 0 amide bonds. The van der Waals surface area contributed by atoms with E-state index in [-0.39, 0.29) is 6.42 Å². The second-order valence-corrected chi connectivity index (χ2v) is 4.21. The van der Waals surface area contributed by atoms with Crippen molar-refractivity contribution in [2.75, 3.05) is 0 Å². The SMILES string of the molecule is Cc1cc(O[B]O)ccc1C[C@](C)(N)C(=O)O. The normalized spacial score (nSPS) is 13.9. The van der Waals surface area contributed by atoms with Crippen LogP contribution < -0.4 is 10.4 Å². The number of aliphatic carboxylic acids is 1. The molecule has 91 valence electrons. The van der Waals surface area contributed by atoms with Crippen LogP contribution in [0, 0.1) is 6.92 Å².